The van der Waals surface area contributed by atoms with E-state index in [-0.39, 0.29) is 0 Å². The van der Waals surface area contributed by atoms with E-state index in [0.717, 1.165) is 31.0 Å². The molecule has 0 saturated carbocycles. The maximum absolute atomic E-state index is 5.94. The van der Waals surface area contributed by atoms with E-state index in [1.807, 2.05) is 0 Å². The molecule has 0 bridgehead atoms. The first-order valence-corrected chi connectivity index (χ1v) is 7.18. The van der Waals surface area contributed by atoms with Gasteiger partial charge in [0.1, 0.15) is 5.82 Å². The molecule has 0 aliphatic carbocycles. The van der Waals surface area contributed by atoms with Crippen LogP contribution < -0.4 is 10.6 Å². The minimum atomic E-state index is 0.548. The van der Waals surface area contributed by atoms with Gasteiger partial charge in [0.25, 0.3) is 0 Å². The Morgan fingerprint density at radius 2 is 1.95 bits per heavy atom. The second-order valence-electron chi connectivity index (χ2n) is 5.53. The number of pyridine rings is 1. The number of rotatable bonds is 2. The average Bonchev–Trinajstić information content (AvgIpc) is 2.46. The molecule has 1 aromatic heterocycles. The molecular formula is C17H21N3. The molecule has 3 heteroatoms. The summed E-state index contributed by atoms with van der Waals surface area (Å²) in [7, 11) is 0. The number of fused-ring (bicyclic) bond motifs is 1. The summed E-state index contributed by atoms with van der Waals surface area (Å²) in [6, 6.07) is 10.8. The van der Waals surface area contributed by atoms with Gasteiger partial charge in [0.15, 0.2) is 0 Å². The molecule has 0 fully saturated rings. The van der Waals surface area contributed by atoms with Crippen molar-refractivity contribution in [3.8, 4) is 0 Å². The lowest BCUT2D eigenvalue weighted by Crippen LogP contribution is -2.32. The van der Waals surface area contributed by atoms with Crippen LogP contribution >= 0.6 is 0 Å². The molecule has 0 saturated heterocycles. The fraction of sp³-hybridized carbons (Fsp3) is 0.353. The van der Waals surface area contributed by atoms with E-state index in [0.29, 0.717) is 6.54 Å². The molecule has 0 atom stereocenters. The molecule has 104 valence electrons. The lowest BCUT2D eigenvalue weighted by molar-refractivity contribution is 0.712. The van der Waals surface area contributed by atoms with Crippen LogP contribution in [0.1, 0.15) is 27.9 Å². The standard InChI is InChI=1S/C17H21N3/c1-12-9-13(2)19-17(16(12)10-18)20-8-7-14-5-3-4-6-15(14)11-20/h3-6,9H,7-8,10-11,18H2,1-2H3. The second-order valence-corrected chi connectivity index (χ2v) is 5.53. The largest absolute Gasteiger partial charge is 0.352 e. The molecule has 3 nitrogen and oxygen atoms in total. The normalized spacial score (nSPS) is 14.2. The van der Waals surface area contributed by atoms with Gasteiger partial charge in [-0.25, -0.2) is 4.98 Å². The van der Waals surface area contributed by atoms with Crippen LogP contribution in [0.3, 0.4) is 0 Å². The van der Waals surface area contributed by atoms with E-state index in [1.165, 1.54) is 22.3 Å². The Labute approximate surface area is 120 Å². The third kappa shape index (κ3) is 2.29. The number of nitrogens with two attached hydrogens (primary N) is 1. The molecule has 1 aliphatic heterocycles. The van der Waals surface area contributed by atoms with Gasteiger partial charge in [0, 0.05) is 30.9 Å². The van der Waals surface area contributed by atoms with Crippen LogP contribution in [0.2, 0.25) is 0 Å². The third-order valence-corrected chi connectivity index (χ3v) is 4.09. The molecule has 3 rings (SSSR count). The molecule has 2 N–H and O–H groups in total. The SMILES string of the molecule is Cc1cc(C)c(CN)c(N2CCc3ccccc3C2)n1. The second kappa shape index (κ2) is 5.25. The number of nitrogens with zero attached hydrogens (tertiary/aromatic N) is 2. The van der Waals surface area contributed by atoms with Crippen LogP contribution in [0, 0.1) is 13.8 Å². The number of hydrogen-bond donors (Lipinski definition) is 1. The molecule has 0 unspecified atom stereocenters. The summed E-state index contributed by atoms with van der Waals surface area (Å²) in [6.07, 6.45) is 1.08. The summed E-state index contributed by atoms with van der Waals surface area (Å²) in [5, 5.41) is 0. The van der Waals surface area contributed by atoms with Crippen molar-refractivity contribution in [2.24, 2.45) is 5.73 Å². The maximum atomic E-state index is 5.94. The monoisotopic (exact) mass is 267 g/mol. The zero-order valence-electron chi connectivity index (χ0n) is 12.2. The van der Waals surface area contributed by atoms with Gasteiger partial charge in [0.05, 0.1) is 0 Å². The van der Waals surface area contributed by atoms with E-state index in [2.05, 4.69) is 49.1 Å². The molecular weight excluding hydrogens is 246 g/mol. The van der Waals surface area contributed by atoms with Crippen molar-refractivity contribution in [1.82, 2.24) is 4.98 Å². The highest BCUT2D eigenvalue weighted by atomic mass is 15.2. The van der Waals surface area contributed by atoms with Crippen LogP contribution in [-0.2, 0) is 19.5 Å². The summed E-state index contributed by atoms with van der Waals surface area (Å²) in [4.78, 5) is 7.11. The zero-order valence-corrected chi connectivity index (χ0v) is 12.2. The first kappa shape index (κ1) is 13.1. The molecule has 0 amide bonds. The predicted octanol–water partition coefficient (Wildman–Crippen LogP) is 2.72. The van der Waals surface area contributed by atoms with Gasteiger partial charge in [0.2, 0.25) is 0 Å². The average molecular weight is 267 g/mol. The molecule has 0 spiro atoms. The van der Waals surface area contributed by atoms with Crippen molar-refractivity contribution in [2.75, 3.05) is 11.4 Å². The minimum absolute atomic E-state index is 0.548. The summed E-state index contributed by atoms with van der Waals surface area (Å²) in [5.74, 6) is 1.07. The van der Waals surface area contributed by atoms with Crippen molar-refractivity contribution in [3.05, 3.63) is 58.3 Å². The fourth-order valence-electron chi connectivity index (χ4n) is 3.03. The Balaban J connectivity index is 1.99. The quantitative estimate of drug-likeness (QED) is 0.909. The van der Waals surface area contributed by atoms with Crippen molar-refractivity contribution in [1.29, 1.82) is 0 Å². The summed E-state index contributed by atoms with van der Waals surface area (Å²) in [6.45, 7) is 6.67. The molecule has 20 heavy (non-hydrogen) atoms. The Kier molecular flexibility index (Phi) is 3.45. The van der Waals surface area contributed by atoms with Gasteiger partial charge in [-0.3, -0.25) is 0 Å². The van der Waals surface area contributed by atoms with Crippen molar-refractivity contribution in [2.45, 2.75) is 33.4 Å². The predicted molar refractivity (Wildman–Crippen MR) is 82.8 cm³/mol. The summed E-state index contributed by atoms with van der Waals surface area (Å²) >= 11 is 0. The first-order chi connectivity index (χ1) is 9.69. The van der Waals surface area contributed by atoms with Crippen LogP contribution in [-0.4, -0.2) is 11.5 Å². The van der Waals surface area contributed by atoms with Gasteiger partial charge >= 0.3 is 0 Å². The van der Waals surface area contributed by atoms with E-state index in [4.69, 9.17) is 10.7 Å². The van der Waals surface area contributed by atoms with Gasteiger partial charge in [-0.05, 0) is 43.0 Å². The van der Waals surface area contributed by atoms with Crippen molar-refractivity contribution >= 4 is 5.82 Å². The maximum Gasteiger partial charge on any atom is 0.133 e. The number of anilines is 1. The zero-order chi connectivity index (χ0) is 14.1. The van der Waals surface area contributed by atoms with Crippen LogP contribution in [0.15, 0.2) is 30.3 Å². The van der Waals surface area contributed by atoms with E-state index in [1.54, 1.807) is 0 Å². The number of hydrogen-bond acceptors (Lipinski definition) is 3. The molecule has 2 heterocycles. The lowest BCUT2D eigenvalue weighted by atomic mass is 9.99. The molecule has 0 radical (unpaired) electrons. The smallest absolute Gasteiger partial charge is 0.133 e. The lowest BCUT2D eigenvalue weighted by Gasteiger charge is -2.31. The van der Waals surface area contributed by atoms with Crippen LogP contribution in [0.5, 0.6) is 0 Å². The number of aryl methyl sites for hydroxylation is 2. The van der Waals surface area contributed by atoms with Gasteiger partial charge in [-0.2, -0.15) is 0 Å². The van der Waals surface area contributed by atoms with Gasteiger partial charge in [-0.15, -0.1) is 0 Å². The summed E-state index contributed by atoms with van der Waals surface area (Å²) < 4.78 is 0. The van der Waals surface area contributed by atoms with Crippen LogP contribution in [0.4, 0.5) is 5.82 Å². The highest BCUT2D eigenvalue weighted by molar-refractivity contribution is 5.53. The van der Waals surface area contributed by atoms with E-state index < -0.39 is 0 Å². The Bertz CT molecular complexity index is 634. The van der Waals surface area contributed by atoms with E-state index in [9.17, 15) is 0 Å². The van der Waals surface area contributed by atoms with Gasteiger partial charge < -0.3 is 10.6 Å². The Hall–Kier alpha value is -1.87. The van der Waals surface area contributed by atoms with Crippen molar-refractivity contribution < 1.29 is 0 Å². The van der Waals surface area contributed by atoms with Crippen LogP contribution in [0.25, 0.3) is 0 Å². The fourth-order valence-corrected chi connectivity index (χ4v) is 3.03. The topological polar surface area (TPSA) is 42.1 Å². The number of aromatic nitrogens is 1. The Morgan fingerprint density at radius 1 is 1.20 bits per heavy atom. The summed E-state index contributed by atoms with van der Waals surface area (Å²) in [5.41, 5.74) is 12.3. The van der Waals surface area contributed by atoms with Crippen molar-refractivity contribution in [3.63, 3.8) is 0 Å². The highest BCUT2D eigenvalue weighted by Crippen LogP contribution is 2.27. The highest BCUT2D eigenvalue weighted by Gasteiger charge is 2.20. The van der Waals surface area contributed by atoms with E-state index >= 15 is 0 Å². The Morgan fingerprint density at radius 3 is 2.70 bits per heavy atom. The number of benzene rings is 1. The molecule has 1 aliphatic rings. The minimum Gasteiger partial charge on any atom is -0.352 e. The third-order valence-electron chi connectivity index (χ3n) is 4.09. The molecule has 2 aromatic rings. The molecule has 1 aromatic carbocycles. The first-order valence-electron chi connectivity index (χ1n) is 7.18. The van der Waals surface area contributed by atoms with Gasteiger partial charge in [-0.1, -0.05) is 24.3 Å².